The number of phenolic OH excluding ortho intramolecular Hbond substituents is 1. The summed E-state index contributed by atoms with van der Waals surface area (Å²) in [5.41, 5.74) is 1.73. The van der Waals surface area contributed by atoms with E-state index in [-0.39, 0.29) is 10.6 Å². The molecule has 2 heterocycles. The van der Waals surface area contributed by atoms with Crippen LogP contribution >= 0.6 is 0 Å². The second-order valence-corrected chi connectivity index (χ2v) is 9.24. The lowest BCUT2D eigenvalue weighted by Crippen LogP contribution is -2.12. The Morgan fingerprint density at radius 1 is 0.710 bits per heavy atom. The normalized spacial score (nSPS) is 12.3. The fourth-order valence-corrected chi connectivity index (χ4v) is 5.88. The van der Waals surface area contributed by atoms with E-state index in [1.807, 2.05) is 42.5 Å². The summed E-state index contributed by atoms with van der Waals surface area (Å²) in [6.07, 6.45) is 1.64. The minimum absolute atomic E-state index is 0.0314. The molecule has 0 saturated heterocycles. The molecule has 0 aliphatic heterocycles. The summed E-state index contributed by atoms with van der Waals surface area (Å²) in [5.74, 6) is 0.0314. The van der Waals surface area contributed by atoms with Crippen LogP contribution in [0.25, 0.3) is 43.5 Å². The number of hydrogen-bond donors (Lipinski definition) is 1. The van der Waals surface area contributed by atoms with Crippen molar-refractivity contribution in [3.05, 3.63) is 91.1 Å². The van der Waals surface area contributed by atoms with Gasteiger partial charge in [0.25, 0.3) is 10.0 Å². The monoisotopic (exact) mass is 424 g/mol. The highest BCUT2D eigenvalue weighted by Gasteiger charge is 2.25. The van der Waals surface area contributed by atoms with Crippen LogP contribution in [0.5, 0.6) is 5.75 Å². The molecule has 31 heavy (non-hydrogen) atoms. The van der Waals surface area contributed by atoms with E-state index in [4.69, 9.17) is 0 Å². The van der Waals surface area contributed by atoms with E-state index in [9.17, 15) is 13.5 Å². The molecular formula is C25H16N2O3S. The summed E-state index contributed by atoms with van der Waals surface area (Å²) in [7, 11) is -3.90. The van der Waals surface area contributed by atoms with Crippen LogP contribution in [0.2, 0.25) is 0 Å². The minimum atomic E-state index is -3.90. The summed E-state index contributed by atoms with van der Waals surface area (Å²) in [5, 5.41) is 14.6. The summed E-state index contributed by atoms with van der Waals surface area (Å²) in [6.45, 7) is 0. The summed E-state index contributed by atoms with van der Waals surface area (Å²) in [4.78, 5) is 4.67. The zero-order valence-electron chi connectivity index (χ0n) is 16.2. The zero-order valence-corrected chi connectivity index (χ0v) is 17.0. The molecular weight excluding hydrogens is 408 g/mol. The van der Waals surface area contributed by atoms with Crippen LogP contribution in [-0.2, 0) is 10.0 Å². The molecule has 0 atom stereocenters. The zero-order chi connectivity index (χ0) is 21.2. The molecule has 0 aliphatic rings. The third-order valence-corrected chi connectivity index (χ3v) is 7.48. The number of phenols is 1. The standard InChI is InChI=1S/C25H16N2O3S/c28-25-20-15-26-21-12-6-4-10-17(21)19(20)14-23-24(25)18-11-5-7-13-22(18)27(23)31(29,30)16-8-2-1-3-9-16/h1-15,28H. The SMILES string of the molecule is O=S(=O)(c1ccccc1)n1c2ccccc2c2c(O)c3cnc4ccccc4c3cc21. The highest BCUT2D eigenvalue weighted by atomic mass is 32.2. The number of rotatable bonds is 2. The van der Waals surface area contributed by atoms with Gasteiger partial charge in [-0.15, -0.1) is 0 Å². The van der Waals surface area contributed by atoms with Gasteiger partial charge >= 0.3 is 0 Å². The number of fused-ring (bicyclic) bond motifs is 6. The number of para-hydroxylation sites is 2. The fraction of sp³-hybridized carbons (Fsp3) is 0. The number of hydrogen-bond acceptors (Lipinski definition) is 4. The Morgan fingerprint density at radius 3 is 2.19 bits per heavy atom. The largest absolute Gasteiger partial charge is 0.507 e. The Labute approximate surface area is 177 Å². The number of pyridine rings is 1. The third-order valence-electron chi connectivity index (χ3n) is 5.74. The van der Waals surface area contributed by atoms with E-state index in [1.165, 1.54) is 3.97 Å². The van der Waals surface area contributed by atoms with Crippen LogP contribution in [0.15, 0.2) is 96.0 Å². The summed E-state index contributed by atoms with van der Waals surface area (Å²) < 4.78 is 28.7. The van der Waals surface area contributed by atoms with Crippen LogP contribution in [0, 0.1) is 0 Å². The van der Waals surface area contributed by atoms with Crippen molar-refractivity contribution in [1.29, 1.82) is 0 Å². The van der Waals surface area contributed by atoms with Crippen LogP contribution < -0.4 is 0 Å². The topological polar surface area (TPSA) is 72.2 Å². The molecule has 0 fully saturated rings. The Morgan fingerprint density at radius 2 is 1.39 bits per heavy atom. The van der Waals surface area contributed by atoms with Gasteiger partial charge in [-0.1, -0.05) is 54.6 Å². The predicted octanol–water partition coefficient (Wildman–Crippen LogP) is 5.44. The number of benzene rings is 4. The van der Waals surface area contributed by atoms with Crippen molar-refractivity contribution in [2.24, 2.45) is 0 Å². The van der Waals surface area contributed by atoms with Crippen molar-refractivity contribution in [1.82, 2.24) is 8.96 Å². The van der Waals surface area contributed by atoms with E-state index in [0.29, 0.717) is 27.2 Å². The summed E-state index contributed by atoms with van der Waals surface area (Å²) in [6, 6.07) is 25.0. The molecule has 0 amide bonds. The second-order valence-electron chi connectivity index (χ2n) is 7.46. The lowest BCUT2D eigenvalue weighted by Gasteiger charge is -2.11. The van der Waals surface area contributed by atoms with Crippen molar-refractivity contribution >= 4 is 53.5 Å². The van der Waals surface area contributed by atoms with Gasteiger partial charge in [0, 0.05) is 22.4 Å². The third kappa shape index (κ3) is 2.42. The van der Waals surface area contributed by atoms with E-state index in [2.05, 4.69) is 4.98 Å². The van der Waals surface area contributed by atoms with E-state index < -0.39 is 10.0 Å². The van der Waals surface area contributed by atoms with Crippen molar-refractivity contribution < 1.29 is 13.5 Å². The number of aromatic hydroxyl groups is 1. The molecule has 0 radical (unpaired) electrons. The molecule has 4 aromatic carbocycles. The van der Waals surface area contributed by atoms with Crippen LogP contribution in [0.3, 0.4) is 0 Å². The molecule has 6 aromatic rings. The number of aromatic nitrogens is 2. The Hall–Kier alpha value is -3.90. The molecule has 2 aromatic heterocycles. The Bertz CT molecular complexity index is 1750. The fourth-order valence-electron chi connectivity index (χ4n) is 4.35. The van der Waals surface area contributed by atoms with Crippen LogP contribution in [0.4, 0.5) is 0 Å². The van der Waals surface area contributed by atoms with Gasteiger partial charge in [-0.05, 0) is 35.7 Å². The lowest BCUT2D eigenvalue weighted by molar-refractivity contribution is 0.488. The second kappa shape index (κ2) is 6.30. The number of nitrogens with zero attached hydrogens (tertiary/aromatic N) is 2. The predicted molar refractivity (Wildman–Crippen MR) is 123 cm³/mol. The van der Waals surface area contributed by atoms with Gasteiger partial charge in [0.2, 0.25) is 0 Å². The minimum Gasteiger partial charge on any atom is -0.507 e. The van der Waals surface area contributed by atoms with Crippen molar-refractivity contribution in [2.45, 2.75) is 4.90 Å². The maximum absolute atomic E-state index is 13.7. The maximum atomic E-state index is 13.7. The Kier molecular flexibility index (Phi) is 3.64. The highest BCUT2D eigenvalue weighted by molar-refractivity contribution is 7.90. The smallest absolute Gasteiger partial charge is 0.268 e. The van der Waals surface area contributed by atoms with Gasteiger partial charge < -0.3 is 5.11 Å². The molecule has 0 unspecified atom stereocenters. The molecule has 1 N–H and O–H groups in total. The molecule has 0 bridgehead atoms. The van der Waals surface area contributed by atoms with E-state index in [1.54, 1.807) is 48.7 Å². The first-order valence-corrected chi connectivity index (χ1v) is 11.2. The molecule has 6 heteroatoms. The molecule has 0 spiro atoms. The first-order valence-electron chi connectivity index (χ1n) is 9.80. The summed E-state index contributed by atoms with van der Waals surface area (Å²) >= 11 is 0. The molecule has 5 nitrogen and oxygen atoms in total. The van der Waals surface area contributed by atoms with Crippen molar-refractivity contribution in [3.63, 3.8) is 0 Å². The molecule has 6 rings (SSSR count). The molecule has 0 aliphatic carbocycles. The van der Waals surface area contributed by atoms with Gasteiger partial charge in [0.05, 0.1) is 26.8 Å². The van der Waals surface area contributed by atoms with Crippen LogP contribution in [-0.4, -0.2) is 22.5 Å². The van der Waals surface area contributed by atoms with Gasteiger partial charge in [0.1, 0.15) is 5.75 Å². The van der Waals surface area contributed by atoms with Gasteiger partial charge in [-0.25, -0.2) is 12.4 Å². The Balaban J connectivity index is 1.87. The quantitative estimate of drug-likeness (QED) is 0.376. The van der Waals surface area contributed by atoms with Crippen molar-refractivity contribution in [2.75, 3.05) is 0 Å². The average molecular weight is 424 g/mol. The van der Waals surface area contributed by atoms with Gasteiger partial charge in [0.15, 0.2) is 0 Å². The first-order chi connectivity index (χ1) is 15.1. The van der Waals surface area contributed by atoms with E-state index >= 15 is 0 Å². The van der Waals surface area contributed by atoms with Crippen molar-refractivity contribution in [3.8, 4) is 5.75 Å². The lowest BCUT2D eigenvalue weighted by atomic mass is 10.0. The first kappa shape index (κ1) is 17.9. The highest BCUT2D eigenvalue weighted by Crippen LogP contribution is 2.43. The van der Waals surface area contributed by atoms with Gasteiger partial charge in [-0.3, -0.25) is 4.98 Å². The van der Waals surface area contributed by atoms with E-state index in [0.717, 1.165) is 16.3 Å². The molecule has 150 valence electrons. The van der Waals surface area contributed by atoms with Gasteiger partial charge in [-0.2, -0.15) is 0 Å². The van der Waals surface area contributed by atoms with Crippen LogP contribution in [0.1, 0.15) is 0 Å². The maximum Gasteiger partial charge on any atom is 0.268 e. The molecule has 0 saturated carbocycles. The average Bonchev–Trinajstić information content (AvgIpc) is 3.15.